The Morgan fingerprint density at radius 3 is 2.69 bits per heavy atom. The number of hydrogen-bond donors (Lipinski definition) is 0. The van der Waals surface area contributed by atoms with E-state index in [4.69, 9.17) is 11.6 Å². The molecule has 2 rings (SSSR count). The molecule has 2 aromatic heterocycles. The molecule has 4 heteroatoms. The van der Waals surface area contributed by atoms with E-state index in [9.17, 15) is 4.79 Å². The fourth-order valence-corrected chi connectivity index (χ4v) is 2.99. The molecule has 0 radical (unpaired) electrons. The first-order valence-corrected chi connectivity index (χ1v) is 5.66. The summed E-state index contributed by atoms with van der Waals surface area (Å²) in [4.78, 5) is 13.4. The van der Waals surface area contributed by atoms with Crippen molar-refractivity contribution in [3.63, 3.8) is 0 Å². The Hall–Kier alpha value is -0.640. The smallest absolute Gasteiger partial charge is 0.160 e. The summed E-state index contributed by atoms with van der Waals surface area (Å²) in [5, 5.41) is 2.64. The molecule has 0 bridgehead atoms. The fraction of sp³-hybridized carbons (Fsp3) is 0. The van der Waals surface area contributed by atoms with E-state index >= 15 is 0 Å². The van der Waals surface area contributed by atoms with Gasteiger partial charge in [-0.15, -0.1) is 22.7 Å². The zero-order chi connectivity index (χ0) is 9.26. The van der Waals surface area contributed by atoms with Crippen LogP contribution in [0.4, 0.5) is 0 Å². The van der Waals surface area contributed by atoms with Crippen molar-refractivity contribution in [2.24, 2.45) is 0 Å². The summed E-state index contributed by atoms with van der Waals surface area (Å²) in [6.45, 7) is 0. The van der Waals surface area contributed by atoms with Crippen LogP contribution in [0.2, 0.25) is 5.02 Å². The van der Waals surface area contributed by atoms with Crippen LogP contribution in [0.5, 0.6) is 0 Å². The minimum atomic E-state index is 0.750. The number of rotatable bonds is 2. The maximum absolute atomic E-state index is 10.4. The molecule has 2 heterocycles. The highest BCUT2D eigenvalue weighted by Gasteiger charge is 2.04. The lowest BCUT2D eigenvalue weighted by molar-refractivity contribution is 0.112. The summed E-state index contributed by atoms with van der Waals surface area (Å²) < 4.78 is 0. The van der Waals surface area contributed by atoms with Crippen LogP contribution in [-0.2, 0) is 0 Å². The van der Waals surface area contributed by atoms with Crippen LogP contribution in [0.1, 0.15) is 9.67 Å². The topological polar surface area (TPSA) is 17.1 Å². The van der Waals surface area contributed by atoms with Crippen molar-refractivity contribution in [3.8, 4) is 9.75 Å². The largest absolute Gasteiger partial charge is 0.297 e. The normalized spacial score (nSPS) is 10.2. The van der Waals surface area contributed by atoms with E-state index in [1.54, 1.807) is 11.3 Å². The molecule has 0 aromatic carbocycles. The average Bonchev–Trinajstić information content (AvgIpc) is 2.71. The molecule has 0 atom stereocenters. The molecule has 0 unspecified atom stereocenters. The molecule has 13 heavy (non-hydrogen) atoms. The monoisotopic (exact) mass is 228 g/mol. The number of hydrogen-bond acceptors (Lipinski definition) is 3. The highest BCUT2D eigenvalue weighted by Crippen LogP contribution is 2.33. The lowest BCUT2D eigenvalue weighted by Gasteiger charge is -1.86. The van der Waals surface area contributed by atoms with Crippen LogP contribution in [0, 0.1) is 0 Å². The Bertz CT molecular complexity index is 430. The number of carbonyl (C=O) groups excluding carboxylic acids is 1. The summed E-state index contributed by atoms with van der Waals surface area (Å²) in [5.41, 5.74) is 0. The summed E-state index contributed by atoms with van der Waals surface area (Å²) in [5.74, 6) is 0. The van der Waals surface area contributed by atoms with E-state index in [1.807, 2.05) is 23.6 Å². The van der Waals surface area contributed by atoms with Gasteiger partial charge in [-0.25, -0.2) is 0 Å². The Morgan fingerprint density at radius 1 is 1.31 bits per heavy atom. The van der Waals surface area contributed by atoms with Gasteiger partial charge in [0, 0.05) is 15.1 Å². The zero-order valence-corrected chi connectivity index (χ0v) is 8.88. The van der Waals surface area contributed by atoms with E-state index < -0.39 is 0 Å². The third-order valence-electron chi connectivity index (χ3n) is 1.55. The first kappa shape index (κ1) is 8.94. The van der Waals surface area contributed by atoms with Gasteiger partial charge in [-0.2, -0.15) is 0 Å². The maximum atomic E-state index is 10.4. The van der Waals surface area contributed by atoms with Crippen LogP contribution in [0.3, 0.4) is 0 Å². The molecular weight excluding hydrogens is 224 g/mol. The SMILES string of the molecule is O=Cc1ccc(-c2cc(Cl)cs2)s1. The van der Waals surface area contributed by atoms with Gasteiger partial charge in [0.25, 0.3) is 0 Å². The molecule has 2 aromatic rings. The molecule has 1 nitrogen and oxygen atoms in total. The Balaban J connectivity index is 2.40. The molecule has 0 amide bonds. The summed E-state index contributed by atoms with van der Waals surface area (Å²) in [6, 6.07) is 5.67. The molecule has 66 valence electrons. The molecule has 0 saturated heterocycles. The summed E-state index contributed by atoms with van der Waals surface area (Å²) in [6.07, 6.45) is 0.864. The van der Waals surface area contributed by atoms with Crippen molar-refractivity contribution < 1.29 is 4.79 Å². The molecule has 0 spiro atoms. The van der Waals surface area contributed by atoms with E-state index in [-0.39, 0.29) is 0 Å². The molecule has 0 N–H and O–H groups in total. The molecule has 0 aliphatic carbocycles. The Labute approximate surface area is 88.6 Å². The van der Waals surface area contributed by atoms with Gasteiger partial charge >= 0.3 is 0 Å². The third kappa shape index (κ3) is 1.82. The molecule has 0 aliphatic rings. The van der Waals surface area contributed by atoms with Gasteiger partial charge in [0.15, 0.2) is 6.29 Å². The fourth-order valence-electron chi connectivity index (χ4n) is 0.991. The predicted molar refractivity (Wildman–Crippen MR) is 58.0 cm³/mol. The van der Waals surface area contributed by atoms with E-state index in [2.05, 4.69) is 0 Å². The van der Waals surface area contributed by atoms with Crippen LogP contribution in [0.25, 0.3) is 9.75 Å². The van der Waals surface area contributed by atoms with E-state index in [0.29, 0.717) is 0 Å². The second-order valence-electron chi connectivity index (χ2n) is 2.45. The molecule has 0 aliphatic heterocycles. The van der Waals surface area contributed by atoms with Crippen molar-refractivity contribution in [3.05, 3.63) is 33.5 Å². The van der Waals surface area contributed by atoms with Crippen LogP contribution in [-0.4, -0.2) is 6.29 Å². The van der Waals surface area contributed by atoms with Crippen molar-refractivity contribution >= 4 is 40.6 Å². The molecule has 0 fully saturated rings. The summed E-state index contributed by atoms with van der Waals surface area (Å²) in [7, 11) is 0. The van der Waals surface area contributed by atoms with Gasteiger partial charge in [0.1, 0.15) is 0 Å². The van der Waals surface area contributed by atoms with Crippen molar-refractivity contribution in [2.75, 3.05) is 0 Å². The minimum Gasteiger partial charge on any atom is -0.297 e. The van der Waals surface area contributed by atoms with Gasteiger partial charge < -0.3 is 0 Å². The van der Waals surface area contributed by atoms with Gasteiger partial charge in [0.2, 0.25) is 0 Å². The minimum absolute atomic E-state index is 0.750. The number of halogens is 1. The highest BCUT2D eigenvalue weighted by molar-refractivity contribution is 7.22. The summed E-state index contributed by atoms with van der Waals surface area (Å²) >= 11 is 8.87. The van der Waals surface area contributed by atoms with Gasteiger partial charge in [-0.1, -0.05) is 11.6 Å². The van der Waals surface area contributed by atoms with Gasteiger partial charge in [-0.3, -0.25) is 4.79 Å². The van der Waals surface area contributed by atoms with Crippen LogP contribution < -0.4 is 0 Å². The van der Waals surface area contributed by atoms with E-state index in [0.717, 1.165) is 25.9 Å². The second-order valence-corrected chi connectivity index (χ2v) is 4.91. The maximum Gasteiger partial charge on any atom is 0.160 e. The number of aldehydes is 1. The van der Waals surface area contributed by atoms with Crippen LogP contribution in [0.15, 0.2) is 23.6 Å². The third-order valence-corrected chi connectivity index (χ3v) is 4.04. The van der Waals surface area contributed by atoms with Crippen molar-refractivity contribution in [2.45, 2.75) is 0 Å². The van der Waals surface area contributed by atoms with E-state index in [1.165, 1.54) is 11.3 Å². The lowest BCUT2D eigenvalue weighted by atomic mass is 10.4. The quantitative estimate of drug-likeness (QED) is 0.712. The first-order chi connectivity index (χ1) is 6.29. The Morgan fingerprint density at radius 2 is 2.15 bits per heavy atom. The van der Waals surface area contributed by atoms with Crippen LogP contribution >= 0.6 is 34.3 Å². The molecular formula is C9H5ClOS2. The van der Waals surface area contributed by atoms with Crippen molar-refractivity contribution in [1.29, 1.82) is 0 Å². The lowest BCUT2D eigenvalue weighted by Crippen LogP contribution is -1.62. The van der Waals surface area contributed by atoms with Crippen molar-refractivity contribution in [1.82, 2.24) is 0 Å². The second kappa shape index (κ2) is 3.62. The number of thiophene rings is 2. The standard InChI is InChI=1S/C9H5ClOS2/c10-6-3-9(12-5-6)8-2-1-7(4-11)13-8/h1-5H. The van der Waals surface area contributed by atoms with Gasteiger partial charge in [-0.05, 0) is 18.2 Å². The highest BCUT2D eigenvalue weighted by atomic mass is 35.5. The predicted octanol–water partition coefficient (Wildman–Crippen LogP) is 3.94. The average molecular weight is 229 g/mol. The van der Waals surface area contributed by atoms with Gasteiger partial charge in [0.05, 0.1) is 9.90 Å². The number of carbonyl (C=O) groups is 1. The Kier molecular flexibility index (Phi) is 2.49. The first-order valence-electron chi connectivity index (χ1n) is 3.59. The zero-order valence-electron chi connectivity index (χ0n) is 6.49. The molecule has 0 saturated carbocycles.